The van der Waals surface area contributed by atoms with Gasteiger partial charge in [-0.25, -0.2) is 9.78 Å². The zero-order chi connectivity index (χ0) is 14.7. The Hall–Kier alpha value is -1.78. The Balaban J connectivity index is 1.47. The molecule has 0 unspecified atom stereocenters. The topological polar surface area (TPSA) is 54.5 Å². The second-order valence-electron chi connectivity index (χ2n) is 6.11. The number of hydrogen-bond donors (Lipinski definition) is 1. The summed E-state index contributed by atoms with van der Waals surface area (Å²) < 4.78 is 5.66. The lowest BCUT2D eigenvalue weighted by molar-refractivity contribution is 0.157. The number of hydrogen-bond acceptors (Lipinski definition) is 3. The maximum absolute atomic E-state index is 12.0. The summed E-state index contributed by atoms with van der Waals surface area (Å²) in [5.41, 5.74) is 1.02. The van der Waals surface area contributed by atoms with Crippen molar-refractivity contribution >= 4 is 6.03 Å². The highest BCUT2D eigenvalue weighted by Crippen LogP contribution is 2.29. The second-order valence-corrected chi connectivity index (χ2v) is 6.11. The number of ether oxygens (including phenoxy) is 1. The fourth-order valence-corrected chi connectivity index (χ4v) is 2.37. The number of nitrogens with zero attached hydrogens (tertiary/aromatic N) is 2. The molecule has 0 aromatic carbocycles. The minimum absolute atomic E-state index is 0.00281. The van der Waals surface area contributed by atoms with Crippen LogP contribution in [0.1, 0.15) is 37.7 Å². The van der Waals surface area contributed by atoms with Gasteiger partial charge in [-0.2, -0.15) is 0 Å². The molecule has 3 rings (SSSR count). The van der Waals surface area contributed by atoms with Gasteiger partial charge in [-0.3, -0.25) is 0 Å². The Morgan fingerprint density at radius 1 is 1.43 bits per heavy atom. The van der Waals surface area contributed by atoms with Gasteiger partial charge in [-0.15, -0.1) is 0 Å². The monoisotopic (exact) mass is 289 g/mol. The highest BCUT2D eigenvalue weighted by atomic mass is 16.5. The second kappa shape index (κ2) is 6.33. The molecule has 2 aliphatic rings. The molecule has 1 aromatic heterocycles. The first-order valence-electron chi connectivity index (χ1n) is 7.81. The van der Waals surface area contributed by atoms with Crippen LogP contribution in [0.4, 0.5) is 4.79 Å². The summed E-state index contributed by atoms with van der Waals surface area (Å²) >= 11 is 0. The average molecular weight is 289 g/mol. The van der Waals surface area contributed by atoms with E-state index in [1.807, 2.05) is 24.1 Å². The molecule has 5 heteroatoms. The standard InChI is InChI=1S/C16H23N3O2/c1-19(14-3-2-4-14)16(20)18-10-13-7-8-17-15(9-13)21-11-12-5-6-12/h7-9,12,14H,2-6,10-11H2,1H3,(H,18,20). The molecule has 0 aliphatic heterocycles. The normalized spacial score (nSPS) is 18.0. The van der Waals surface area contributed by atoms with Crippen LogP contribution in [0.5, 0.6) is 5.88 Å². The molecule has 0 saturated heterocycles. The third-order valence-corrected chi connectivity index (χ3v) is 4.35. The fraction of sp³-hybridized carbons (Fsp3) is 0.625. The third-order valence-electron chi connectivity index (χ3n) is 4.35. The van der Waals surface area contributed by atoms with Crippen molar-refractivity contribution in [1.29, 1.82) is 0 Å². The van der Waals surface area contributed by atoms with Crippen LogP contribution in [0.3, 0.4) is 0 Å². The number of amides is 2. The van der Waals surface area contributed by atoms with E-state index in [-0.39, 0.29) is 6.03 Å². The van der Waals surface area contributed by atoms with Crippen LogP contribution in [0.25, 0.3) is 0 Å². The largest absolute Gasteiger partial charge is 0.477 e. The van der Waals surface area contributed by atoms with Crippen LogP contribution >= 0.6 is 0 Å². The summed E-state index contributed by atoms with van der Waals surface area (Å²) in [5, 5.41) is 2.96. The van der Waals surface area contributed by atoms with E-state index in [0.29, 0.717) is 24.4 Å². The molecule has 0 atom stereocenters. The smallest absolute Gasteiger partial charge is 0.317 e. The molecular formula is C16H23N3O2. The van der Waals surface area contributed by atoms with Gasteiger partial charge < -0.3 is 15.0 Å². The first kappa shape index (κ1) is 14.2. The fourth-order valence-electron chi connectivity index (χ4n) is 2.37. The number of rotatable bonds is 6. The molecule has 1 aromatic rings. The lowest BCUT2D eigenvalue weighted by Crippen LogP contribution is -2.46. The van der Waals surface area contributed by atoms with Gasteiger partial charge in [0.15, 0.2) is 0 Å². The van der Waals surface area contributed by atoms with E-state index in [9.17, 15) is 4.79 Å². The summed E-state index contributed by atoms with van der Waals surface area (Å²) in [5.74, 6) is 1.37. The summed E-state index contributed by atoms with van der Waals surface area (Å²) in [6.07, 6.45) is 7.75. The zero-order valence-electron chi connectivity index (χ0n) is 12.5. The van der Waals surface area contributed by atoms with Crippen LogP contribution in [0.15, 0.2) is 18.3 Å². The van der Waals surface area contributed by atoms with Gasteiger partial charge in [0.1, 0.15) is 0 Å². The molecule has 2 aliphatic carbocycles. The van der Waals surface area contributed by atoms with E-state index in [1.54, 1.807) is 6.20 Å². The number of carbonyl (C=O) groups is 1. The first-order chi connectivity index (χ1) is 10.2. The first-order valence-corrected chi connectivity index (χ1v) is 7.81. The van der Waals surface area contributed by atoms with E-state index in [0.717, 1.165) is 25.0 Å². The minimum atomic E-state index is -0.00281. The highest BCUT2D eigenvalue weighted by molar-refractivity contribution is 5.74. The lowest BCUT2D eigenvalue weighted by atomic mass is 9.92. The molecule has 0 bridgehead atoms. The molecule has 2 amide bonds. The quantitative estimate of drug-likeness (QED) is 0.875. The van der Waals surface area contributed by atoms with Crippen LogP contribution in [-0.4, -0.2) is 35.6 Å². The summed E-state index contributed by atoms with van der Waals surface area (Å²) in [7, 11) is 1.87. The van der Waals surface area contributed by atoms with E-state index in [4.69, 9.17) is 4.74 Å². The van der Waals surface area contributed by atoms with Crippen molar-refractivity contribution in [2.75, 3.05) is 13.7 Å². The molecule has 2 saturated carbocycles. The molecule has 1 heterocycles. The van der Waals surface area contributed by atoms with Crippen LogP contribution in [0, 0.1) is 5.92 Å². The van der Waals surface area contributed by atoms with Crippen molar-refractivity contribution in [1.82, 2.24) is 15.2 Å². The molecule has 2 fully saturated rings. The predicted octanol–water partition coefficient (Wildman–Crippen LogP) is 2.56. The van der Waals surface area contributed by atoms with Crippen molar-refractivity contribution in [3.05, 3.63) is 23.9 Å². The lowest BCUT2D eigenvalue weighted by Gasteiger charge is -2.34. The predicted molar refractivity (Wildman–Crippen MR) is 80.1 cm³/mol. The van der Waals surface area contributed by atoms with E-state index in [1.165, 1.54) is 19.3 Å². The molecule has 114 valence electrons. The number of carbonyl (C=O) groups excluding carboxylic acids is 1. The van der Waals surface area contributed by atoms with Crippen molar-refractivity contribution in [2.24, 2.45) is 5.92 Å². The maximum atomic E-state index is 12.0. The van der Waals surface area contributed by atoms with Gasteiger partial charge in [0.25, 0.3) is 0 Å². The van der Waals surface area contributed by atoms with Crippen molar-refractivity contribution < 1.29 is 9.53 Å². The Morgan fingerprint density at radius 2 is 2.24 bits per heavy atom. The van der Waals surface area contributed by atoms with Crippen molar-refractivity contribution in [3.8, 4) is 5.88 Å². The van der Waals surface area contributed by atoms with Crippen LogP contribution in [-0.2, 0) is 6.54 Å². The Morgan fingerprint density at radius 3 is 2.90 bits per heavy atom. The summed E-state index contributed by atoms with van der Waals surface area (Å²) in [6.45, 7) is 1.27. The summed E-state index contributed by atoms with van der Waals surface area (Å²) in [4.78, 5) is 18.0. The maximum Gasteiger partial charge on any atom is 0.317 e. The van der Waals surface area contributed by atoms with Gasteiger partial charge >= 0.3 is 6.03 Å². The number of nitrogens with one attached hydrogen (secondary N) is 1. The molecule has 21 heavy (non-hydrogen) atoms. The third kappa shape index (κ3) is 3.86. The van der Waals surface area contributed by atoms with Crippen molar-refractivity contribution in [3.63, 3.8) is 0 Å². The molecule has 0 radical (unpaired) electrons. The van der Waals surface area contributed by atoms with Gasteiger partial charge in [-0.05, 0) is 49.7 Å². The van der Waals surface area contributed by atoms with Crippen LogP contribution < -0.4 is 10.1 Å². The van der Waals surface area contributed by atoms with Crippen molar-refractivity contribution in [2.45, 2.75) is 44.7 Å². The molecule has 0 spiro atoms. The average Bonchev–Trinajstić information content (AvgIpc) is 3.25. The number of aromatic nitrogens is 1. The molecule has 1 N–H and O–H groups in total. The molecule has 5 nitrogen and oxygen atoms in total. The van der Waals surface area contributed by atoms with Gasteiger partial charge in [0, 0.05) is 31.9 Å². The van der Waals surface area contributed by atoms with E-state index in [2.05, 4.69) is 10.3 Å². The van der Waals surface area contributed by atoms with E-state index >= 15 is 0 Å². The number of urea groups is 1. The number of pyridine rings is 1. The summed E-state index contributed by atoms with van der Waals surface area (Å²) in [6, 6.07) is 4.23. The van der Waals surface area contributed by atoms with Crippen LogP contribution in [0.2, 0.25) is 0 Å². The van der Waals surface area contributed by atoms with Gasteiger partial charge in [0.05, 0.1) is 6.61 Å². The van der Waals surface area contributed by atoms with Gasteiger partial charge in [-0.1, -0.05) is 0 Å². The van der Waals surface area contributed by atoms with E-state index < -0.39 is 0 Å². The minimum Gasteiger partial charge on any atom is -0.477 e. The zero-order valence-corrected chi connectivity index (χ0v) is 12.5. The molecular weight excluding hydrogens is 266 g/mol. The highest BCUT2D eigenvalue weighted by Gasteiger charge is 2.25. The SMILES string of the molecule is CN(C(=O)NCc1ccnc(OCC2CC2)c1)C1CCC1. The van der Waals surface area contributed by atoms with Gasteiger partial charge in [0.2, 0.25) is 5.88 Å². The Bertz CT molecular complexity index is 498. The Kier molecular flexibility index (Phi) is 4.27. The Labute approximate surface area is 125 Å².